The summed E-state index contributed by atoms with van der Waals surface area (Å²) in [6.07, 6.45) is 9.11. The van der Waals surface area contributed by atoms with Crippen LogP contribution in [0.15, 0.2) is 0 Å². The number of likely N-dealkylation sites (tertiary alicyclic amines) is 2. The fraction of sp³-hybridized carbons (Fsp3) is 1.00. The van der Waals surface area contributed by atoms with E-state index in [1.165, 1.54) is 71.4 Å². The predicted octanol–water partition coefficient (Wildman–Crippen LogP) is 3.63. The van der Waals surface area contributed by atoms with E-state index in [0.29, 0.717) is 17.5 Å². The zero-order valence-corrected chi connectivity index (χ0v) is 19.7. The van der Waals surface area contributed by atoms with Crippen molar-refractivity contribution in [2.24, 2.45) is 5.92 Å². The van der Waals surface area contributed by atoms with E-state index >= 15 is 0 Å². The lowest BCUT2D eigenvalue weighted by Gasteiger charge is -2.37. The van der Waals surface area contributed by atoms with E-state index in [2.05, 4.69) is 61.3 Å². The molecule has 4 nitrogen and oxygen atoms in total. The van der Waals surface area contributed by atoms with Crippen LogP contribution in [0.2, 0.25) is 0 Å². The van der Waals surface area contributed by atoms with Gasteiger partial charge in [0.15, 0.2) is 0 Å². The van der Waals surface area contributed by atoms with Crippen LogP contribution in [0.5, 0.6) is 0 Å². The smallest absolute Gasteiger partial charge is 0.0534 e. The fourth-order valence-corrected chi connectivity index (χ4v) is 5.67. The molecule has 0 amide bonds. The minimum absolute atomic E-state index is 0.209. The molecule has 2 N–H and O–H groups in total. The number of piperidine rings is 1. The van der Waals surface area contributed by atoms with Crippen molar-refractivity contribution in [2.45, 2.75) is 89.7 Å². The van der Waals surface area contributed by atoms with Crippen LogP contribution in [0, 0.1) is 5.92 Å². The quantitative estimate of drug-likeness (QED) is 0.549. The molecule has 0 spiro atoms. The second-order valence-corrected chi connectivity index (χ2v) is 11.1. The van der Waals surface area contributed by atoms with Gasteiger partial charge in [0, 0.05) is 30.7 Å². The van der Waals surface area contributed by atoms with Crippen molar-refractivity contribution in [3.63, 3.8) is 0 Å². The van der Waals surface area contributed by atoms with Crippen molar-refractivity contribution in [3.05, 3.63) is 0 Å². The summed E-state index contributed by atoms with van der Waals surface area (Å²) in [6, 6.07) is 1.17. The van der Waals surface area contributed by atoms with Gasteiger partial charge in [0.05, 0.1) is 5.37 Å². The third kappa shape index (κ3) is 9.49. The molecule has 0 aromatic rings. The standard InChI is InChI=1S/C22H46N4S/c1-18(16-25-11-7-8-12-25)23-21(27-6)15-20-9-13-26(14-10-20)17-19(2)24-22(3,4)5/h18-21,23-24H,7-17H2,1-6H3. The SMILES string of the molecule is CSC(CC1CCN(CC(C)NC(C)(C)C)CC1)NC(C)CN1CCCC1. The molecule has 3 unspecified atom stereocenters. The van der Waals surface area contributed by atoms with E-state index in [0.717, 1.165) is 5.92 Å². The second kappa shape index (κ2) is 11.4. The second-order valence-electron chi connectivity index (χ2n) is 10.1. The number of hydrogen-bond acceptors (Lipinski definition) is 5. The van der Waals surface area contributed by atoms with Crippen LogP contribution in [0.4, 0.5) is 0 Å². The Morgan fingerprint density at radius 1 is 0.926 bits per heavy atom. The minimum atomic E-state index is 0.209. The highest BCUT2D eigenvalue weighted by atomic mass is 32.2. The number of nitrogens with one attached hydrogen (secondary N) is 2. The first-order chi connectivity index (χ1) is 12.7. The van der Waals surface area contributed by atoms with Gasteiger partial charge in [-0.05, 0) is 105 Å². The van der Waals surface area contributed by atoms with Gasteiger partial charge in [0.25, 0.3) is 0 Å². The van der Waals surface area contributed by atoms with E-state index in [1.807, 2.05) is 11.8 Å². The molecule has 2 fully saturated rings. The van der Waals surface area contributed by atoms with Crippen LogP contribution in [0.25, 0.3) is 0 Å². The molecule has 0 aromatic heterocycles. The van der Waals surface area contributed by atoms with E-state index in [1.54, 1.807) is 0 Å². The highest BCUT2D eigenvalue weighted by Crippen LogP contribution is 2.25. The Balaban J connectivity index is 1.65. The molecule has 0 saturated carbocycles. The topological polar surface area (TPSA) is 30.5 Å². The molecule has 27 heavy (non-hydrogen) atoms. The Labute approximate surface area is 173 Å². The molecule has 2 rings (SSSR count). The van der Waals surface area contributed by atoms with Crippen molar-refractivity contribution in [3.8, 4) is 0 Å². The van der Waals surface area contributed by atoms with E-state index < -0.39 is 0 Å². The van der Waals surface area contributed by atoms with Crippen LogP contribution >= 0.6 is 11.8 Å². The van der Waals surface area contributed by atoms with Crippen LogP contribution in [-0.4, -0.2) is 78.3 Å². The van der Waals surface area contributed by atoms with Crippen molar-refractivity contribution >= 4 is 11.8 Å². The third-order valence-corrected chi connectivity index (χ3v) is 6.85. The zero-order chi connectivity index (χ0) is 19.9. The van der Waals surface area contributed by atoms with E-state index in [-0.39, 0.29) is 5.54 Å². The van der Waals surface area contributed by atoms with Gasteiger partial charge in [0.1, 0.15) is 0 Å². The van der Waals surface area contributed by atoms with Crippen molar-refractivity contribution < 1.29 is 0 Å². The summed E-state index contributed by atoms with van der Waals surface area (Å²) in [6.45, 7) is 19.0. The molecular weight excluding hydrogens is 352 g/mol. The summed E-state index contributed by atoms with van der Waals surface area (Å²) in [7, 11) is 0. The van der Waals surface area contributed by atoms with Crippen LogP contribution in [-0.2, 0) is 0 Å². The first-order valence-electron chi connectivity index (χ1n) is 11.3. The average Bonchev–Trinajstić information content (AvgIpc) is 3.07. The van der Waals surface area contributed by atoms with Gasteiger partial charge in [-0.2, -0.15) is 0 Å². The lowest BCUT2D eigenvalue weighted by molar-refractivity contribution is 0.157. The Morgan fingerprint density at radius 3 is 2.04 bits per heavy atom. The molecular formula is C22H46N4S. The number of thioether (sulfide) groups is 1. The number of hydrogen-bond donors (Lipinski definition) is 2. The molecule has 2 aliphatic heterocycles. The summed E-state index contributed by atoms with van der Waals surface area (Å²) in [5.74, 6) is 0.885. The normalized spacial score (nSPS) is 24.2. The lowest BCUT2D eigenvalue weighted by Crippen LogP contribution is -2.49. The maximum absolute atomic E-state index is 3.91. The molecule has 160 valence electrons. The molecule has 3 atom stereocenters. The highest BCUT2D eigenvalue weighted by molar-refractivity contribution is 7.99. The molecule has 2 aliphatic rings. The first kappa shape index (κ1) is 23.5. The summed E-state index contributed by atoms with van der Waals surface area (Å²) in [5, 5.41) is 8.23. The first-order valence-corrected chi connectivity index (χ1v) is 12.5. The lowest BCUT2D eigenvalue weighted by atomic mass is 9.93. The molecule has 0 bridgehead atoms. The van der Waals surface area contributed by atoms with Crippen molar-refractivity contribution in [1.29, 1.82) is 0 Å². The van der Waals surface area contributed by atoms with Crippen molar-refractivity contribution in [1.82, 2.24) is 20.4 Å². The molecule has 0 aliphatic carbocycles. The van der Waals surface area contributed by atoms with Gasteiger partial charge >= 0.3 is 0 Å². The molecule has 0 radical (unpaired) electrons. The Bertz CT molecular complexity index is 398. The van der Waals surface area contributed by atoms with Gasteiger partial charge in [-0.3, -0.25) is 0 Å². The van der Waals surface area contributed by atoms with E-state index in [9.17, 15) is 0 Å². The van der Waals surface area contributed by atoms with Gasteiger partial charge < -0.3 is 20.4 Å². The van der Waals surface area contributed by atoms with E-state index in [4.69, 9.17) is 0 Å². The Hall–Kier alpha value is 0.190. The van der Waals surface area contributed by atoms with Gasteiger partial charge in [-0.1, -0.05) is 0 Å². The summed E-state index contributed by atoms with van der Waals surface area (Å²) >= 11 is 2.01. The summed E-state index contributed by atoms with van der Waals surface area (Å²) in [5.41, 5.74) is 0.209. The van der Waals surface area contributed by atoms with Crippen LogP contribution in [0.3, 0.4) is 0 Å². The Morgan fingerprint density at radius 2 is 1.48 bits per heavy atom. The maximum atomic E-state index is 3.91. The molecule has 5 heteroatoms. The fourth-order valence-electron chi connectivity index (χ4n) is 4.83. The average molecular weight is 399 g/mol. The summed E-state index contributed by atoms with van der Waals surface area (Å²) < 4.78 is 0. The molecule has 2 saturated heterocycles. The van der Waals surface area contributed by atoms with Gasteiger partial charge in [-0.25, -0.2) is 0 Å². The van der Waals surface area contributed by atoms with Gasteiger partial charge in [-0.15, -0.1) is 11.8 Å². The molecule has 0 aromatic carbocycles. The zero-order valence-electron chi connectivity index (χ0n) is 18.9. The Kier molecular flexibility index (Phi) is 9.90. The van der Waals surface area contributed by atoms with Gasteiger partial charge in [0.2, 0.25) is 0 Å². The summed E-state index contributed by atoms with van der Waals surface area (Å²) in [4.78, 5) is 5.29. The largest absolute Gasteiger partial charge is 0.308 e. The van der Waals surface area contributed by atoms with Crippen molar-refractivity contribution in [2.75, 3.05) is 45.5 Å². The van der Waals surface area contributed by atoms with Crippen LogP contribution < -0.4 is 10.6 Å². The monoisotopic (exact) mass is 398 g/mol. The van der Waals surface area contributed by atoms with Crippen LogP contribution in [0.1, 0.15) is 66.7 Å². The predicted molar refractivity (Wildman–Crippen MR) is 122 cm³/mol. The minimum Gasteiger partial charge on any atom is -0.308 e. The molecule has 2 heterocycles. The number of nitrogens with zero attached hydrogens (tertiary/aromatic N) is 2. The highest BCUT2D eigenvalue weighted by Gasteiger charge is 2.25. The number of rotatable bonds is 10. The third-order valence-electron chi connectivity index (χ3n) is 5.95. The maximum Gasteiger partial charge on any atom is 0.0534 e.